The molecule has 1 atom stereocenters. The highest BCUT2D eigenvalue weighted by molar-refractivity contribution is 7.89. The van der Waals surface area contributed by atoms with Crippen LogP contribution in [0.5, 0.6) is 0 Å². The van der Waals surface area contributed by atoms with Crippen LogP contribution in [0.1, 0.15) is 25.5 Å². The van der Waals surface area contributed by atoms with Gasteiger partial charge in [0.05, 0.1) is 6.54 Å². The molecule has 0 aliphatic carbocycles. The average molecular weight is 301 g/mol. The third-order valence-corrected chi connectivity index (χ3v) is 4.96. The molecule has 1 unspecified atom stereocenters. The van der Waals surface area contributed by atoms with Gasteiger partial charge < -0.3 is 9.73 Å². The Kier molecular flexibility index (Phi) is 5.20. The van der Waals surface area contributed by atoms with Crippen LogP contribution in [0.3, 0.4) is 0 Å². The third-order valence-electron chi connectivity index (χ3n) is 3.67. The van der Waals surface area contributed by atoms with Gasteiger partial charge in [0.15, 0.2) is 0 Å². The molecule has 1 fully saturated rings. The third kappa shape index (κ3) is 3.60. The van der Waals surface area contributed by atoms with Crippen molar-refractivity contribution in [3.8, 4) is 0 Å². The lowest BCUT2D eigenvalue weighted by Gasteiger charge is -2.22. The molecule has 0 spiro atoms. The Labute approximate surface area is 120 Å². The van der Waals surface area contributed by atoms with E-state index >= 15 is 0 Å². The molecule has 0 saturated carbocycles. The molecule has 0 amide bonds. The smallest absolute Gasteiger partial charge is 0.274 e. The first kappa shape index (κ1) is 15.5. The minimum absolute atomic E-state index is 0.0104. The molecule has 2 N–H and O–H groups in total. The van der Waals surface area contributed by atoms with E-state index in [4.69, 9.17) is 4.42 Å². The highest BCUT2D eigenvalue weighted by atomic mass is 32.2. The van der Waals surface area contributed by atoms with Crippen LogP contribution in [0.15, 0.2) is 21.6 Å². The first-order valence-electron chi connectivity index (χ1n) is 7.04. The zero-order chi connectivity index (χ0) is 14.6. The molecule has 1 aliphatic heterocycles. The van der Waals surface area contributed by atoms with Crippen molar-refractivity contribution in [1.82, 2.24) is 14.9 Å². The van der Waals surface area contributed by atoms with Crippen molar-refractivity contribution in [2.24, 2.45) is 0 Å². The van der Waals surface area contributed by atoms with Gasteiger partial charge in [-0.1, -0.05) is 6.92 Å². The predicted octanol–water partition coefficient (Wildman–Crippen LogP) is 0.762. The summed E-state index contributed by atoms with van der Waals surface area (Å²) in [6.07, 6.45) is 2.17. The Balaban J connectivity index is 1.96. The van der Waals surface area contributed by atoms with Crippen LogP contribution in [-0.2, 0) is 16.6 Å². The SMILES string of the molecule is CCN1CCCC1CNS(=O)(=O)c1ccc(CNC)o1. The van der Waals surface area contributed by atoms with E-state index in [2.05, 4.69) is 21.9 Å². The van der Waals surface area contributed by atoms with Gasteiger partial charge in [-0.15, -0.1) is 0 Å². The molecule has 7 heteroatoms. The maximum atomic E-state index is 12.2. The number of nitrogens with one attached hydrogen (secondary N) is 2. The van der Waals surface area contributed by atoms with Gasteiger partial charge in [0.1, 0.15) is 5.76 Å². The van der Waals surface area contributed by atoms with E-state index in [1.165, 1.54) is 6.07 Å². The topological polar surface area (TPSA) is 74.6 Å². The summed E-state index contributed by atoms with van der Waals surface area (Å²) in [5.41, 5.74) is 0. The molecule has 0 aromatic carbocycles. The van der Waals surface area contributed by atoms with Crippen LogP contribution in [0.2, 0.25) is 0 Å². The van der Waals surface area contributed by atoms with Gasteiger partial charge in [-0.25, -0.2) is 13.1 Å². The van der Waals surface area contributed by atoms with Crippen LogP contribution in [0.4, 0.5) is 0 Å². The van der Waals surface area contributed by atoms with Gasteiger partial charge in [0.25, 0.3) is 10.0 Å². The molecule has 1 aliphatic rings. The number of hydrogen-bond acceptors (Lipinski definition) is 5. The molecule has 6 nitrogen and oxygen atoms in total. The Morgan fingerprint density at radius 3 is 2.95 bits per heavy atom. The van der Waals surface area contributed by atoms with E-state index in [9.17, 15) is 8.42 Å². The zero-order valence-electron chi connectivity index (χ0n) is 12.1. The van der Waals surface area contributed by atoms with Crippen LogP contribution in [0.25, 0.3) is 0 Å². The number of likely N-dealkylation sites (N-methyl/N-ethyl adjacent to an activating group) is 1. The molecule has 1 aromatic rings. The Morgan fingerprint density at radius 2 is 2.25 bits per heavy atom. The van der Waals surface area contributed by atoms with E-state index in [1.54, 1.807) is 13.1 Å². The fourth-order valence-corrected chi connectivity index (χ4v) is 3.61. The normalized spacial score (nSPS) is 20.6. The van der Waals surface area contributed by atoms with Crippen LogP contribution in [-0.4, -0.2) is 46.0 Å². The molecule has 0 bridgehead atoms. The second kappa shape index (κ2) is 6.71. The second-order valence-corrected chi connectivity index (χ2v) is 6.73. The van der Waals surface area contributed by atoms with Crippen molar-refractivity contribution in [2.45, 2.75) is 37.4 Å². The molecule has 1 aromatic heterocycles. The summed E-state index contributed by atoms with van der Waals surface area (Å²) in [5.74, 6) is 0.615. The van der Waals surface area contributed by atoms with E-state index < -0.39 is 10.0 Å². The van der Waals surface area contributed by atoms with Gasteiger partial charge in [-0.3, -0.25) is 4.90 Å². The Bertz CT molecular complexity index is 527. The fourth-order valence-electron chi connectivity index (χ4n) is 2.59. The second-order valence-electron chi connectivity index (χ2n) is 5.03. The summed E-state index contributed by atoms with van der Waals surface area (Å²) in [7, 11) is -1.76. The van der Waals surface area contributed by atoms with Gasteiger partial charge in [-0.2, -0.15) is 0 Å². The highest BCUT2D eigenvalue weighted by Crippen LogP contribution is 2.18. The number of rotatable bonds is 7. The van der Waals surface area contributed by atoms with Gasteiger partial charge in [0.2, 0.25) is 5.09 Å². The molecular formula is C13H23N3O3S. The number of likely N-dealkylation sites (tertiary alicyclic amines) is 1. The monoisotopic (exact) mass is 301 g/mol. The fraction of sp³-hybridized carbons (Fsp3) is 0.692. The largest absolute Gasteiger partial charge is 0.447 e. The van der Waals surface area contributed by atoms with Crippen LogP contribution < -0.4 is 10.0 Å². The van der Waals surface area contributed by atoms with Gasteiger partial charge in [-0.05, 0) is 45.1 Å². The van der Waals surface area contributed by atoms with Gasteiger partial charge >= 0.3 is 0 Å². The van der Waals surface area contributed by atoms with Crippen molar-refractivity contribution in [2.75, 3.05) is 26.7 Å². The lowest BCUT2D eigenvalue weighted by Crippen LogP contribution is -2.39. The van der Waals surface area contributed by atoms with Crippen molar-refractivity contribution in [3.63, 3.8) is 0 Å². The summed E-state index contributed by atoms with van der Waals surface area (Å²) in [6.45, 7) is 5.07. The average Bonchev–Trinajstić information content (AvgIpc) is 3.05. The standard InChI is InChI=1S/C13H23N3O3S/c1-3-16-8-4-5-11(16)9-15-20(17,18)13-7-6-12(19-13)10-14-2/h6-7,11,14-15H,3-5,8-10H2,1-2H3. The summed E-state index contributed by atoms with van der Waals surface area (Å²) in [5, 5.41) is 2.91. The summed E-state index contributed by atoms with van der Waals surface area (Å²) >= 11 is 0. The number of nitrogens with zero attached hydrogens (tertiary/aromatic N) is 1. The Hall–Kier alpha value is -0.890. The van der Waals surface area contributed by atoms with Crippen molar-refractivity contribution in [1.29, 1.82) is 0 Å². The summed E-state index contributed by atoms with van der Waals surface area (Å²) in [6, 6.07) is 3.47. The summed E-state index contributed by atoms with van der Waals surface area (Å²) in [4.78, 5) is 2.30. The highest BCUT2D eigenvalue weighted by Gasteiger charge is 2.26. The van der Waals surface area contributed by atoms with E-state index in [-0.39, 0.29) is 5.09 Å². The molecule has 1 saturated heterocycles. The summed E-state index contributed by atoms with van der Waals surface area (Å²) < 4.78 is 32.3. The molecule has 2 heterocycles. The van der Waals surface area contributed by atoms with Crippen molar-refractivity contribution in [3.05, 3.63) is 17.9 Å². The molecule has 114 valence electrons. The van der Waals surface area contributed by atoms with E-state index in [0.29, 0.717) is 24.9 Å². The first-order valence-corrected chi connectivity index (χ1v) is 8.52. The van der Waals surface area contributed by atoms with Crippen LogP contribution in [0, 0.1) is 0 Å². The molecular weight excluding hydrogens is 278 g/mol. The molecule has 0 radical (unpaired) electrons. The first-order chi connectivity index (χ1) is 9.56. The molecule has 20 heavy (non-hydrogen) atoms. The quantitative estimate of drug-likeness (QED) is 0.778. The maximum Gasteiger partial charge on any atom is 0.274 e. The minimum atomic E-state index is -3.55. The number of sulfonamides is 1. The lowest BCUT2D eigenvalue weighted by molar-refractivity contribution is 0.267. The number of hydrogen-bond donors (Lipinski definition) is 2. The zero-order valence-corrected chi connectivity index (χ0v) is 12.9. The van der Waals surface area contributed by atoms with E-state index in [1.807, 2.05) is 0 Å². The minimum Gasteiger partial charge on any atom is -0.447 e. The Morgan fingerprint density at radius 1 is 1.45 bits per heavy atom. The van der Waals surface area contributed by atoms with Crippen LogP contribution >= 0.6 is 0 Å². The lowest BCUT2D eigenvalue weighted by atomic mass is 10.2. The predicted molar refractivity (Wildman–Crippen MR) is 76.9 cm³/mol. The van der Waals surface area contributed by atoms with Gasteiger partial charge in [0, 0.05) is 12.6 Å². The maximum absolute atomic E-state index is 12.2. The molecule has 2 rings (SSSR count). The van der Waals surface area contributed by atoms with Crippen molar-refractivity contribution >= 4 is 10.0 Å². The number of furan rings is 1. The van der Waals surface area contributed by atoms with Crippen molar-refractivity contribution < 1.29 is 12.8 Å². The van der Waals surface area contributed by atoms with E-state index in [0.717, 1.165) is 25.9 Å².